The Kier molecular flexibility index (Phi) is 16.5. The van der Waals surface area contributed by atoms with Gasteiger partial charge >= 0.3 is 12.1 Å². The molecular formula is C45H61NO9. The molecular weight excluding hydrogens is 698 g/mol. The summed E-state index contributed by atoms with van der Waals surface area (Å²) in [6.45, 7) is 14.4. The number of hydrogen-bond acceptors (Lipinski definition) is 9. The van der Waals surface area contributed by atoms with Crippen molar-refractivity contribution in [3.63, 3.8) is 0 Å². The highest BCUT2D eigenvalue weighted by molar-refractivity contribution is 5.67. The first-order chi connectivity index (χ1) is 26.6. The Morgan fingerprint density at radius 1 is 0.655 bits per heavy atom. The number of unbranched alkanes of at least 4 members (excludes halogenated alkanes) is 2. The Morgan fingerprint density at radius 2 is 1.27 bits per heavy atom. The van der Waals surface area contributed by atoms with Gasteiger partial charge in [-0.2, -0.15) is 0 Å². The van der Waals surface area contributed by atoms with Gasteiger partial charge in [-0.25, -0.2) is 4.79 Å². The van der Waals surface area contributed by atoms with Crippen molar-refractivity contribution >= 4 is 12.1 Å². The molecule has 10 nitrogen and oxygen atoms in total. The lowest BCUT2D eigenvalue weighted by Gasteiger charge is -2.48. The second-order valence-corrected chi connectivity index (χ2v) is 15.2. The van der Waals surface area contributed by atoms with E-state index >= 15 is 0 Å². The Balaban J connectivity index is 1.18. The molecule has 0 bridgehead atoms. The minimum absolute atomic E-state index is 0.0505. The third-order valence-electron chi connectivity index (χ3n) is 11.1. The maximum atomic E-state index is 13.2. The molecule has 4 unspecified atom stereocenters. The quantitative estimate of drug-likeness (QED) is 0.0933. The van der Waals surface area contributed by atoms with Crippen LogP contribution in [0, 0.1) is 23.7 Å². The SMILES string of the molecule is CC(=O)OC1[C@H](O[C@@H]2C(C)[C@H](OCCCCCN(Cc3ccccc3)C(=O)OCc3ccccc3)OC(COCc3ccccc3)[C@@H]2C)OC(C)[C@H](C)[C@@H]1C. The van der Waals surface area contributed by atoms with Crippen LogP contribution in [0.2, 0.25) is 0 Å². The van der Waals surface area contributed by atoms with Crippen molar-refractivity contribution in [2.24, 2.45) is 23.7 Å². The van der Waals surface area contributed by atoms with Gasteiger partial charge in [0.1, 0.15) is 6.61 Å². The van der Waals surface area contributed by atoms with Gasteiger partial charge < -0.3 is 38.1 Å². The lowest BCUT2D eigenvalue weighted by molar-refractivity contribution is -0.332. The maximum Gasteiger partial charge on any atom is 0.410 e. The van der Waals surface area contributed by atoms with Crippen molar-refractivity contribution in [1.82, 2.24) is 4.90 Å². The lowest BCUT2D eigenvalue weighted by atomic mass is 9.83. The van der Waals surface area contributed by atoms with E-state index in [0.29, 0.717) is 32.9 Å². The summed E-state index contributed by atoms with van der Waals surface area (Å²) in [7, 11) is 0. The fourth-order valence-electron chi connectivity index (χ4n) is 7.40. The van der Waals surface area contributed by atoms with Crippen molar-refractivity contribution in [2.75, 3.05) is 19.8 Å². The summed E-state index contributed by atoms with van der Waals surface area (Å²) in [6.07, 6.45) is -0.366. The summed E-state index contributed by atoms with van der Waals surface area (Å²) >= 11 is 0. The van der Waals surface area contributed by atoms with Crippen LogP contribution in [0.3, 0.4) is 0 Å². The molecule has 2 aliphatic rings. The largest absolute Gasteiger partial charge is 0.457 e. The van der Waals surface area contributed by atoms with Crippen molar-refractivity contribution in [3.8, 4) is 0 Å². The number of rotatable bonds is 18. The van der Waals surface area contributed by atoms with Crippen LogP contribution in [0.5, 0.6) is 0 Å². The predicted octanol–water partition coefficient (Wildman–Crippen LogP) is 8.56. The number of ether oxygens (including phenoxy) is 7. The molecule has 0 radical (unpaired) electrons. The molecule has 5 rings (SSSR count). The van der Waals surface area contributed by atoms with E-state index in [0.717, 1.165) is 36.0 Å². The van der Waals surface area contributed by atoms with Gasteiger partial charge in [-0.3, -0.25) is 4.79 Å². The van der Waals surface area contributed by atoms with Gasteiger partial charge in [-0.1, -0.05) is 119 Å². The van der Waals surface area contributed by atoms with Gasteiger partial charge in [0, 0.05) is 44.4 Å². The standard InChI is InChI=1S/C45H61NO9/c1-31-32(2)42(53-36(6)47)44(52-35(31)5)55-41-33(3)40(30-49-28-38-21-13-8-14-22-38)54-43(34(41)4)50-26-18-10-17-25-46(27-37-19-11-7-12-20-37)45(48)51-29-39-23-15-9-16-24-39/h7-9,11-16,19-24,31-35,40-44H,10,17-18,25-30H2,1-6H3/t31-,32+,33+,34?,35?,40?,41+,42?,43-,44+/m1/s1. The summed E-state index contributed by atoms with van der Waals surface area (Å²) in [5, 5.41) is 0. The second kappa shape index (κ2) is 21.5. The van der Waals surface area contributed by atoms with E-state index < -0.39 is 18.7 Å². The fourth-order valence-corrected chi connectivity index (χ4v) is 7.40. The van der Waals surface area contributed by atoms with Gasteiger partial charge in [-0.05, 0) is 48.8 Å². The molecule has 3 aromatic rings. The van der Waals surface area contributed by atoms with Crippen LogP contribution < -0.4 is 0 Å². The van der Waals surface area contributed by atoms with Gasteiger partial charge in [0.15, 0.2) is 18.7 Å². The van der Waals surface area contributed by atoms with E-state index in [-0.39, 0.29) is 60.7 Å². The first-order valence-electron chi connectivity index (χ1n) is 20.0. The topological polar surface area (TPSA) is 102 Å². The highest BCUT2D eigenvalue weighted by atomic mass is 16.7. The number of hydrogen-bond donors (Lipinski definition) is 0. The zero-order valence-corrected chi connectivity index (χ0v) is 33.4. The van der Waals surface area contributed by atoms with Crippen LogP contribution >= 0.6 is 0 Å². The van der Waals surface area contributed by atoms with Gasteiger partial charge in [0.05, 0.1) is 31.5 Å². The average Bonchev–Trinajstić information content (AvgIpc) is 3.19. The van der Waals surface area contributed by atoms with Crippen molar-refractivity contribution in [1.29, 1.82) is 0 Å². The van der Waals surface area contributed by atoms with Crippen LogP contribution in [-0.2, 0) is 57.7 Å². The van der Waals surface area contributed by atoms with Gasteiger partial charge in [0.2, 0.25) is 0 Å². The van der Waals surface area contributed by atoms with Crippen molar-refractivity contribution in [2.45, 2.75) is 118 Å². The van der Waals surface area contributed by atoms with Crippen LogP contribution in [0.15, 0.2) is 91.0 Å². The molecule has 0 N–H and O–H groups in total. The molecule has 1 amide bonds. The van der Waals surface area contributed by atoms with E-state index in [1.807, 2.05) is 97.9 Å². The molecule has 2 heterocycles. The normalized spacial score (nSPS) is 28.0. The molecule has 300 valence electrons. The molecule has 2 saturated heterocycles. The molecule has 10 heteroatoms. The summed E-state index contributed by atoms with van der Waals surface area (Å²) < 4.78 is 43.9. The lowest BCUT2D eigenvalue weighted by Crippen LogP contribution is -2.57. The summed E-state index contributed by atoms with van der Waals surface area (Å²) in [4.78, 5) is 27.1. The number of amides is 1. The third-order valence-corrected chi connectivity index (χ3v) is 11.1. The van der Waals surface area contributed by atoms with Gasteiger partial charge in [-0.15, -0.1) is 0 Å². The Bertz CT molecular complexity index is 1560. The number of esters is 1. The van der Waals surface area contributed by atoms with E-state index in [4.69, 9.17) is 33.2 Å². The van der Waals surface area contributed by atoms with E-state index in [1.54, 1.807) is 4.90 Å². The summed E-state index contributed by atoms with van der Waals surface area (Å²) in [6, 6.07) is 29.8. The minimum Gasteiger partial charge on any atom is -0.457 e. The molecule has 0 spiro atoms. The molecule has 10 atom stereocenters. The highest BCUT2D eigenvalue weighted by Crippen LogP contribution is 2.39. The molecule has 0 aromatic heterocycles. The molecule has 0 aliphatic carbocycles. The third kappa shape index (κ3) is 12.6. The fraction of sp³-hybridized carbons (Fsp3) is 0.556. The van der Waals surface area contributed by atoms with Crippen LogP contribution in [-0.4, -0.2) is 73.7 Å². The van der Waals surface area contributed by atoms with Crippen molar-refractivity contribution in [3.05, 3.63) is 108 Å². The number of carbonyl (C=O) groups is 2. The average molecular weight is 760 g/mol. The monoisotopic (exact) mass is 759 g/mol. The highest BCUT2D eigenvalue weighted by Gasteiger charge is 2.48. The van der Waals surface area contributed by atoms with E-state index in [1.165, 1.54) is 6.92 Å². The zero-order chi connectivity index (χ0) is 39.2. The first kappa shape index (κ1) is 42.3. The first-order valence-corrected chi connectivity index (χ1v) is 20.0. The molecule has 3 aromatic carbocycles. The maximum absolute atomic E-state index is 13.2. The van der Waals surface area contributed by atoms with Crippen LogP contribution in [0.1, 0.15) is 77.5 Å². The minimum atomic E-state index is -0.720. The zero-order valence-electron chi connectivity index (χ0n) is 33.4. The Labute approximate surface area is 327 Å². The van der Waals surface area contributed by atoms with Crippen LogP contribution in [0.25, 0.3) is 0 Å². The molecule has 2 fully saturated rings. The Morgan fingerprint density at radius 3 is 1.91 bits per heavy atom. The van der Waals surface area contributed by atoms with E-state index in [9.17, 15) is 9.59 Å². The number of carbonyl (C=O) groups excluding carboxylic acids is 2. The molecule has 55 heavy (non-hydrogen) atoms. The molecule has 2 aliphatic heterocycles. The van der Waals surface area contributed by atoms with Crippen LogP contribution in [0.4, 0.5) is 4.79 Å². The predicted molar refractivity (Wildman–Crippen MR) is 209 cm³/mol. The summed E-state index contributed by atoms with van der Waals surface area (Å²) in [5.74, 6) is -0.324. The number of benzene rings is 3. The summed E-state index contributed by atoms with van der Waals surface area (Å²) in [5.41, 5.74) is 3.09. The van der Waals surface area contributed by atoms with Gasteiger partial charge in [0.25, 0.3) is 0 Å². The Hall–Kier alpha value is -3.80. The van der Waals surface area contributed by atoms with E-state index in [2.05, 4.69) is 27.7 Å². The number of nitrogens with zero attached hydrogens (tertiary/aromatic N) is 1. The molecule has 0 saturated carbocycles. The second-order valence-electron chi connectivity index (χ2n) is 15.2. The van der Waals surface area contributed by atoms with Crippen molar-refractivity contribution < 1.29 is 42.7 Å². The smallest absolute Gasteiger partial charge is 0.410 e.